The summed E-state index contributed by atoms with van der Waals surface area (Å²) in [6, 6.07) is 13.2. The third-order valence-electron chi connectivity index (χ3n) is 4.98. The second-order valence-electron chi connectivity index (χ2n) is 7.23. The van der Waals surface area contributed by atoms with Crippen LogP contribution in [0.5, 0.6) is 0 Å². The number of nitrogen functional groups attached to an aromatic ring is 1. The molecule has 3 N–H and O–H groups in total. The number of hydrogen-bond acceptors (Lipinski definition) is 5. The molecular weight excluding hydrogens is 378 g/mol. The maximum atomic E-state index is 13.1. The number of pyridine rings is 1. The van der Waals surface area contributed by atoms with Crippen LogP contribution in [0.3, 0.4) is 0 Å². The van der Waals surface area contributed by atoms with Crippen LogP contribution in [0.15, 0.2) is 48.7 Å². The molecule has 0 bridgehead atoms. The van der Waals surface area contributed by atoms with Gasteiger partial charge in [0.2, 0.25) is 5.91 Å². The molecule has 28 heavy (non-hydrogen) atoms. The SMILES string of the molecule is CN(C)S(=O)(=O)N1CC(Cc2ccccc2)(C(=O)NCc2cccnc2N)C1. The Bertz CT molecular complexity index is 941. The highest BCUT2D eigenvalue weighted by atomic mass is 32.2. The average molecular weight is 404 g/mol. The maximum Gasteiger partial charge on any atom is 0.281 e. The highest BCUT2D eigenvalue weighted by Gasteiger charge is 2.53. The Morgan fingerprint density at radius 2 is 1.89 bits per heavy atom. The van der Waals surface area contributed by atoms with E-state index >= 15 is 0 Å². The minimum absolute atomic E-state index is 0.136. The highest BCUT2D eigenvalue weighted by molar-refractivity contribution is 7.86. The third-order valence-corrected chi connectivity index (χ3v) is 6.81. The van der Waals surface area contributed by atoms with Crippen molar-refractivity contribution in [1.29, 1.82) is 0 Å². The molecule has 2 heterocycles. The zero-order valence-corrected chi connectivity index (χ0v) is 16.8. The maximum absolute atomic E-state index is 13.1. The molecule has 1 aliphatic rings. The minimum atomic E-state index is -3.55. The van der Waals surface area contributed by atoms with Crippen molar-refractivity contribution in [3.05, 3.63) is 59.8 Å². The van der Waals surface area contributed by atoms with E-state index in [0.29, 0.717) is 12.2 Å². The Hall–Kier alpha value is -2.49. The lowest BCUT2D eigenvalue weighted by atomic mass is 9.75. The second-order valence-corrected chi connectivity index (χ2v) is 9.37. The molecule has 0 saturated carbocycles. The van der Waals surface area contributed by atoms with E-state index in [4.69, 9.17) is 5.73 Å². The molecule has 1 amide bonds. The van der Waals surface area contributed by atoms with Gasteiger partial charge in [0, 0.05) is 45.5 Å². The van der Waals surface area contributed by atoms with Gasteiger partial charge < -0.3 is 11.1 Å². The topological polar surface area (TPSA) is 109 Å². The summed E-state index contributed by atoms with van der Waals surface area (Å²) in [7, 11) is -0.586. The monoisotopic (exact) mass is 403 g/mol. The summed E-state index contributed by atoms with van der Waals surface area (Å²) in [5.41, 5.74) is 6.74. The first-order valence-electron chi connectivity index (χ1n) is 8.94. The van der Waals surface area contributed by atoms with E-state index in [-0.39, 0.29) is 25.5 Å². The van der Waals surface area contributed by atoms with Crippen molar-refractivity contribution in [2.45, 2.75) is 13.0 Å². The van der Waals surface area contributed by atoms with Gasteiger partial charge in [-0.25, -0.2) is 4.98 Å². The largest absolute Gasteiger partial charge is 0.383 e. The number of nitrogens with one attached hydrogen (secondary N) is 1. The van der Waals surface area contributed by atoms with Gasteiger partial charge in [-0.3, -0.25) is 4.79 Å². The summed E-state index contributed by atoms with van der Waals surface area (Å²) in [5.74, 6) is 0.176. The molecule has 9 heteroatoms. The van der Waals surface area contributed by atoms with Crippen molar-refractivity contribution >= 4 is 21.9 Å². The fraction of sp³-hybridized carbons (Fsp3) is 0.368. The first-order chi connectivity index (χ1) is 13.2. The fourth-order valence-corrected chi connectivity index (χ4v) is 4.59. The minimum Gasteiger partial charge on any atom is -0.383 e. The Labute approximate surface area is 165 Å². The highest BCUT2D eigenvalue weighted by Crippen LogP contribution is 2.37. The molecule has 0 unspecified atom stereocenters. The lowest BCUT2D eigenvalue weighted by Gasteiger charge is -2.48. The number of nitrogens with two attached hydrogens (primary N) is 1. The zero-order chi connectivity index (χ0) is 20.4. The molecule has 0 spiro atoms. The molecule has 2 aromatic rings. The number of nitrogens with zero attached hydrogens (tertiary/aromatic N) is 3. The van der Waals surface area contributed by atoms with Crippen molar-refractivity contribution in [2.24, 2.45) is 5.41 Å². The van der Waals surface area contributed by atoms with E-state index in [1.54, 1.807) is 18.3 Å². The number of aromatic nitrogens is 1. The van der Waals surface area contributed by atoms with E-state index in [9.17, 15) is 13.2 Å². The number of amides is 1. The molecule has 150 valence electrons. The molecule has 1 saturated heterocycles. The summed E-state index contributed by atoms with van der Waals surface area (Å²) in [6.45, 7) is 0.517. The molecule has 1 fully saturated rings. The number of carbonyl (C=O) groups is 1. The number of carbonyl (C=O) groups excluding carboxylic acids is 1. The standard InChI is InChI=1S/C19H25N5O3S/c1-23(2)28(26,27)24-13-19(14-24,11-15-7-4-3-5-8-15)18(25)22-12-16-9-6-10-21-17(16)20/h3-10H,11-14H2,1-2H3,(H2,20,21)(H,22,25). The van der Waals surface area contributed by atoms with Gasteiger partial charge in [-0.15, -0.1) is 0 Å². The predicted octanol–water partition coefficient (Wildman–Crippen LogP) is 0.631. The van der Waals surface area contributed by atoms with E-state index in [2.05, 4.69) is 10.3 Å². The smallest absolute Gasteiger partial charge is 0.281 e. The normalized spacial score (nSPS) is 16.5. The van der Waals surface area contributed by atoms with Crippen molar-refractivity contribution in [3.63, 3.8) is 0 Å². The van der Waals surface area contributed by atoms with Crippen molar-refractivity contribution in [2.75, 3.05) is 32.9 Å². The van der Waals surface area contributed by atoms with Crippen LogP contribution in [-0.2, 0) is 28.0 Å². The first kappa shape index (κ1) is 20.2. The fourth-order valence-electron chi connectivity index (χ4n) is 3.31. The zero-order valence-electron chi connectivity index (χ0n) is 16.0. The average Bonchev–Trinajstić information content (AvgIpc) is 2.64. The van der Waals surface area contributed by atoms with Crippen LogP contribution in [0.4, 0.5) is 5.82 Å². The van der Waals surface area contributed by atoms with E-state index < -0.39 is 15.6 Å². The predicted molar refractivity (Wildman–Crippen MR) is 107 cm³/mol. The lowest BCUT2D eigenvalue weighted by Crippen LogP contribution is -2.66. The summed E-state index contributed by atoms with van der Waals surface area (Å²) in [6.07, 6.45) is 2.05. The van der Waals surface area contributed by atoms with Crippen LogP contribution in [0, 0.1) is 5.41 Å². The Balaban J connectivity index is 1.77. The van der Waals surface area contributed by atoms with Crippen molar-refractivity contribution < 1.29 is 13.2 Å². The molecule has 1 aliphatic heterocycles. The van der Waals surface area contributed by atoms with Crippen LogP contribution in [0.25, 0.3) is 0 Å². The van der Waals surface area contributed by atoms with E-state index in [0.717, 1.165) is 15.4 Å². The van der Waals surface area contributed by atoms with Crippen LogP contribution >= 0.6 is 0 Å². The molecular formula is C19H25N5O3S. The number of rotatable bonds is 7. The van der Waals surface area contributed by atoms with Crippen LogP contribution in [0.2, 0.25) is 0 Å². The van der Waals surface area contributed by atoms with Gasteiger partial charge in [0.1, 0.15) is 5.82 Å². The molecule has 0 atom stereocenters. The number of benzene rings is 1. The molecule has 1 aromatic carbocycles. The van der Waals surface area contributed by atoms with Crippen molar-refractivity contribution in [3.8, 4) is 0 Å². The van der Waals surface area contributed by atoms with Gasteiger partial charge >= 0.3 is 0 Å². The van der Waals surface area contributed by atoms with E-state index in [1.165, 1.54) is 18.4 Å². The van der Waals surface area contributed by atoms with Gasteiger partial charge in [0.05, 0.1) is 5.41 Å². The summed E-state index contributed by atoms with van der Waals surface area (Å²) in [5, 5.41) is 2.91. The molecule has 1 aromatic heterocycles. The lowest BCUT2D eigenvalue weighted by molar-refractivity contribution is -0.137. The van der Waals surface area contributed by atoms with Gasteiger partial charge in [-0.1, -0.05) is 36.4 Å². The Kier molecular flexibility index (Phi) is 5.69. The molecule has 0 radical (unpaired) electrons. The Morgan fingerprint density at radius 1 is 1.21 bits per heavy atom. The van der Waals surface area contributed by atoms with Crippen molar-refractivity contribution in [1.82, 2.24) is 18.9 Å². The number of hydrogen-bond donors (Lipinski definition) is 2. The van der Waals surface area contributed by atoms with E-state index in [1.807, 2.05) is 30.3 Å². The number of anilines is 1. The van der Waals surface area contributed by atoms with Crippen LogP contribution in [-0.4, -0.2) is 55.1 Å². The van der Waals surface area contributed by atoms with Gasteiger partial charge in [-0.05, 0) is 18.1 Å². The van der Waals surface area contributed by atoms with Crippen LogP contribution < -0.4 is 11.1 Å². The van der Waals surface area contributed by atoms with Gasteiger partial charge in [-0.2, -0.15) is 17.0 Å². The summed E-state index contributed by atoms with van der Waals surface area (Å²) >= 11 is 0. The van der Waals surface area contributed by atoms with Crippen LogP contribution in [0.1, 0.15) is 11.1 Å². The molecule has 8 nitrogen and oxygen atoms in total. The summed E-state index contributed by atoms with van der Waals surface area (Å²) in [4.78, 5) is 17.1. The first-order valence-corrected chi connectivity index (χ1v) is 10.3. The molecule has 0 aliphatic carbocycles. The Morgan fingerprint density at radius 3 is 2.50 bits per heavy atom. The van der Waals surface area contributed by atoms with Gasteiger partial charge in [0.15, 0.2) is 0 Å². The molecule has 3 rings (SSSR count). The van der Waals surface area contributed by atoms with Gasteiger partial charge in [0.25, 0.3) is 10.2 Å². The second kappa shape index (κ2) is 7.86. The quantitative estimate of drug-likeness (QED) is 0.705. The third kappa shape index (κ3) is 4.01. The summed E-state index contributed by atoms with van der Waals surface area (Å²) < 4.78 is 27.3.